The van der Waals surface area contributed by atoms with Crippen molar-refractivity contribution in [2.45, 2.75) is 63.8 Å². The summed E-state index contributed by atoms with van der Waals surface area (Å²) in [5.41, 5.74) is 0.974. The Bertz CT molecular complexity index is 834. The zero-order chi connectivity index (χ0) is 21.0. The second kappa shape index (κ2) is 9.20. The van der Waals surface area contributed by atoms with Crippen molar-refractivity contribution < 1.29 is 9.21 Å². The van der Waals surface area contributed by atoms with Crippen LogP contribution in [0.2, 0.25) is 0 Å². The molecule has 0 aliphatic carbocycles. The monoisotopic (exact) mass is 416 g/mol. The van der Waals surface area contributed by atoms with Crippen molar-refractivity contribution in [2.24, 2.45) is 0 Å². The fraction of sp³-hybridized carbons (Fsp3) is 0.591. The number of hydrogen-bond donors (Lipinski definition) is 0. The van der Waals surface area contributed by atoms with Gasteiger partial charge in [0.2, 0.25) is 0 Å². The summed E-state index contributed by atoms with van der Waals surface area (Å²) in [5.74, 6) is 2.75. The van der Waals surface area contributed by atoms with E-state index in [9.17, 15) is 4.79 Å². The van der Waals surface area contributed by atoms with Crippen molar-refractivity contribution >= 4 is 23.5 Å². The molecule has 1 amide bonds. The van der Waals surface area contributed by atoms with Gasteiger partial charge in [-0.2, -0.15) is 0 Å². The molecule has 0 radical (unpaired) electrons. The fourth-order valence-corrected chi connectivity index (χ4v) is 4.10. The Balaban J connectivity index is 1.74. The Kier molecular flexibility index (Phi) is 6.88. The van der Waals surface area contributed by atoms with Gasteiger partial charge < -0.3 is 14.2 Å². The molecule has 3 heterocycles. The first-order chi connectivity index (χ1) is 13.8. The average molecular weight is 417 g/mol. The van der Waals surface area contributed by atoms with Gasteiger partial charge >= 0.3 is 0 Å². The van der Waals surface area contributed by atoms with Gasteiger partial charge in [0.1, 0.15) is 11.6 Å². The Labute approximate surface area is 178 Å². The van der Waals surface area contributed by atoms with Crippen LogP contribution in [0.4, 0.5) is 5.82 Å². The van der Waals surface area contributed by atoms with Gasteiger partial charge in [0, 0.05) is 37.7 Å². The smallest absolute Gasteiger partial charge is 0.289 e. The topological polar surface area (TPSA) is 62.5 Å². The number of anilines is 1. The quantitative estimate of drug-likeness (QED) is 0.480. The second-order valence-corrected chi connectivity index (χ2v) is 9.31. The van der Waals surface area contributed by atoms with E-state index in [0.717, 1.165) is 61.4 Å². The molecule has 0 aromatic carbocycles. The van der Waals surface area contributed by atoms with Crippen molar-refractivity contribution in [3.8, 4) is 0 Å². The fourth-order valence-electron chi connectivity index (χ4n) is 3.35. The summed E-state index contributed by atoms with van der Waals surface area (Å²) in [7, 11) is 0. The highest BCUT2D eigenvalue weighted by Gasteiger charge is 2.23. The molecule has 158 valence electrons. The van der Waals surface area contributed by atoms with Gasteiger partial charge in [-0.05, 0) is 38.8 Å². The van der Waals surface area contributed by atoms with Crippen LogP contribution in [0.3, 0.4) is 0 Å². The zero-order valence-electron chi connectivity index (χ0n) is 18.2. The van der Waals surface area contributed by atoms with Crippen LogP contribution in [-0.2, 0) is 11.2 Å². The lowest BCUT2D eigenvalue weighted by Crippen LogP contribution is -2.27. The van der Waals surface area contributed by atoms with Crippen LogP contribution in [0.1, 0.15) is 69.5 Å². The minimum atomic E-state index is -0.0554. The standard InChI is InChI=1S/C22H32N4O2S/c1-6-25(7-2)19-14-18(22(3,4)5)23-21(24-19)29-15-16-10-11-17(28-16)20(27)26-12-8-9-13-26/h10-11,14H,6-9,12-13,15H2,1-5H3. The Hall–Kier alpha value is -2.02. The maximum absolute atomic E-state index is 12.5. The third-order valence-corrected chi connectivity index (χ3v) is 6.03. The van der Waals surface area contributed by atoms with E-state index >= 15 is 0 Å². The lowest BCUT2D eigenvalue weighted by molar-refractivity contribution is 0.0760. The van der Waals surface area contributed by atoms with Crippen LogP contribution in [-0.4, -0.2) is 47.0 Å². The average Bonchev–Trinajstić information content (AvgIpc) is 3.38. The summed E-state index contributed by atoms with van der Waals surface area (Å²) in [6.45, 7) is 14.2. The zero-order valence-corrected chi connectivity index (χ0v) is 19.0. The first kappa shape index (κ1) is 21.7. The molecule has 0 bridgehead atoms. The first-order valence-corrected chi connectivity index (χ1v) is 11.5. The number of thioether (sulfide) groups is 1. The number of carbonyl (C=O) groups excluding carboxylic acids is 1. The molecule has 0 spiro atoms. The van der Waals surface area contributed by atoms with Gasteiger partial charge in [-0.25, -0.2) is 9.97 Å². The molecule has 1 aliphatic rings. The van der Waals surface area contributed by atoms with E-state index in [0.29, 0.717) is 11.5 Å². The molecule has 2 aromatic rings. The molecule has 3 rings (SSSR count). The van der Waals surface area contributed by atoms with E-state index < -0.39 is 0 Å². The number of furan rings is 1. The summed E-state index contributed by atoms with van der Waals surface area (Å²) in [6, 6.07) is 5.76. The van der Waals surface area contributed by atoms with E-state index in [1.54, 1.807) is 17.8 Å². The number of carbonyl (C=O) groups is 1. The maximum Gasteiger partial charge on any atom is 0.289 e. The molecule has 0 N–H and O–H groups in total. The normalized spacial score (nSPS) is 14.4. The predicted octanol–water partition coefficient (Wildman–Crippen LogP) is 4.74. The van der Waals surface area contributed by atoms with E-state index in [2.05, 4.69) is 45.6 Å². The van der Waals surface area contributed by atoms with E-state index in [4.69, 9.17) is 14.4 Å². The summed E-state index contributed by atoms with van der Waals surface area (Å²) in [5, 5.41) is 0.739. The number of aromatic nitrogens is 2. The van der Waals surface area contributed by atoms with Crippen LogP contribution in [0, 0.1) is 0 Å². The highest BCUT2D eigenvalue weighted by Crippen LogP contribution is 2.29. The molecule has 1 fully saturated rings. The lowest BCUT2D eigenvalue weighted by atomic mass is 9.92. The van der Waals surface area contributed by atoms with Crippen LogP contribution in [0.15, 0.2) is 27.8 Å². The molecule has 0 atom stereocenters. The largest absolute Gasteiger partial charge is 0.455 e. The summed E-state index contributed by atoms with van der Waals surface area (Å²) in [6.07, 6.45) is 2.15. The van der Waals surface area contributed by atoms with Gasteiger partial charge in [-0.1, -0.05) is 32.5 Å². The van der Waals surface area contributed by atoms with Crippen LogP contribution in [0.5, 0.6) is 0 Å². The number of amides is 1. The van der Waals surface area contributed by atoms with Crippen molar-refractivity contribution in [1.29, 1.82) is 0 Å². The third kappa shape index (κ3) is 5.32. The molecular weight excluding hydrogens is 384 g/mol. The van der Waals surface area contributed by atoms with Crippen molar-refractivity contribution in [2.75, 3.05) is 31.1 Å². The summed E-state index contributed by atoms with van der Waals surface area (Å²) in [4.78, 5) is 26.1. The lowest BCUT2D eigenvalue weighted by Gasteiger charge is -2.24. The predicted molar refractivity (Wildman–Crippen MR) is 118 cm³/mol. The Morgan fingerprint density at radius 2 is 1.86 bits per heavy atom. The van der Waals surface area contributed by atoms with E-state index in [1.165, 1.54) is 0 Å². The SMILES string of the molecule is CCN(CC)c1cc(C(C)(C)C)nc(SCc2ccc(C(=O)N3CCCC3)o2)n1. The second-order valence-electron chi connectivity index (χ2n) is 8.37. The molecule has 7 heteroatoms. The third-order valence-electron chi connectivity index (χ3n) is 5.16. The number of nitrogens with zero attached hydrogens (tertiary/aromatic N) is 4. The number of hydrogen-bond acceptors (Lipinski definition) is 6. The van der Waals surface area contributed by atoms with Crippen molar-refractivity contribution in [3.05, 3.63) is 35.4 Å². The van der Waals surface area contributed by atoms with Crippen molar-refractivity contribution in [1.82, 2.24) is 14.9 Å². The number of likely N-dealkylation sites (tertiary alicyclic amines) is 1. The van der Waals surface area contributed by atoms with Gasteiger partial charge in [0.05, 0.1) is 11.4 Å². The molecule has 29 heavy (non-hydrogen) atoms. The molecule has 6 nitrogen and oxygen atoms in total. The van der Waals surface area contributed by atoms with Gasteiger partial charge in [-0.3, -0.25) is 4.79 Å². The van der Waals surface area contributed by atoms with E-state index in [-0.39, 0.29) is 11.3 Å². The molecule has 2 aromatic heterocycles. The molecule has 1 saturated heterocycles. The maximum atomic E-state index is 12.5. The van der Waals surface area contributed by atoms with Crippen LogP contribution >= 0.6 is 11.8 Å². The van der Waals surface area contributed by atoms with E-state index in [1.807, 2.05) is 11.0 Å². The highest BCUT2D eigenvalue weighted by molar-refractivity contribution is 7.98. The summed E-state index contributed by atoms with van der Waals surface area (Å²) >= 11 is 1.55. The van der Waals surface area contributed by atoms with Crippen LogP contribution < -0.4 is 4.90 Å². The van der Waals surface area contributed by atoms with Gasteiger partial charge in [0.15, 0.2) is 10.9 Å². The summed E-state index contributed by atoms with van der Waals surface area (Å²) < 4.78 is 5.82. The van der Waals surface area contributed by atoms with Gasteiger partial charge in [-0.15, -0.1) is 0 Å². The molecule has 0 unspecified atom stereocenters. The van der Waals surface area contributed by atoms with Crippen LogP contribution in [0.25, 0.3) is 0 Å². The van der Waals surface area contributed by atoms with Crippen molar-refractivity contribution in [3.63, 3.8) is 0 Å². The number of rotatable bonds is 7. The Morgan fingerprint density at radius 1 is 1.17 bits per heavy atom. The molecule has 0 saturated carbocycles. The minimum absolute atomic E-state index is 0.00597. The highest BCUT2D eigenvalue weighted by atomic mass is 32.2. The molecule has 1 aliphatic heterocycles. The Morgan fingerprint density at radius 3 is 2.48 bits per heavy atom. The minimum Gasteiger partial charge on any atom is -0.455 e. The van der Waals surface area contributed by atoms with Gasteiger partial charge in [0.25, 0.3) is 5.91 Å². The first-order valence-electron chi connectivity index (χ1n) is 10.5. The molecular formula is C22H32N4O2S.